The Morgan fingerprint density at radius 3 is 2.68 bits per heavy atom. The monoisotopic (exact) mass is 355 g/mol. The third kappa shape index (κ3) is 4.13. The molecule has 128 valence electrons. The molecular formula is C18H17N3O3S. The third-order valence-electron chi connectivity index (χ3n) is 3.60. The van der Waals surface area contributed by atoms with E-state index in [1.807, 2.05) is 17.5 Å². The van der Waals surface area contributed by atoms with E-state index < -0.39 is 0 Å². The van der Waals surface area contributed by atoms with Crippen LogP contribution in [-0.4, -0.2) is 29.3 Å². The second-order valence-corrected chi connectivity index (χ2v) is 6.19. The number of methoxy groups -OCH3 is 1. The summed E-state index contributed by atoms with van der Waals surface area (Å²) in [6.07, 6.45) is 0. The van der Waals surface area contributed by atoms with E-state index >= 15 is 0 Å². The maximum absolute atomic E-state index is 12.1. The smallest absolute Gasteiger partial charge is 0.266 e. The number of rotatable bonds is 6. The first-order valence-electron chi connectivity index (χ1n) is 7.71. The van der Waals surface area contributed by atoms with Crippen molar-refractivity contribution in [3.8, 4) is 16.3 Å². The second-order valence-electron chi connectivity index (χ2n) is 5.24. The molecular weight excluding hydrogens is 338 g/mol. The van der Waals surface area contributed by atoms with Gasteiger partial charge in [-0.3, -0.25) is 9.59 Å². The number of hydrogen-bond acceptors (Lipinski definition) is 5. The summed E-state index contributed by atoms with van der Waals surface area (Å²) in [5.41, 5.74) is 1.09. The molecule has 3 aromatic rings. The number of ether oxygens (including phenoxy) is 1. The van der Waals surface area contributed by atoms with Crippen molar-refractivity contribution >= 4 is 17.2 Å². The van der Waals surface area contributed by atoms with Crippen molar-refractivity contribution in [2.75, 3.05) is 13.7 Å². The lowest BCUT2D eigenvalue weighted by Gasteiger charge is -2.08. The lowest BCUT2D eigenvalue weighted by molar-refractivity contribution is 0.0951. The molecule has 0 unspecified atom stereocenters. The molecule has 7 heteroatoms. The van der Waals surface area contributed by atoms with E-state index in [2.05, 4.69) is 10.4 Å². The van der Waals surface area contributed by atoms with Crippen molar-refractivity contribution in [2.45, 2.75) is 6.54 Å². The molecule has 25 heavy (non-hydrogen) atoms. The van der Waals surface area contributed by atoms with Crippen molar-refractivity contribution in [1.82, 2.24) is 15.1 Å². The van der Waals surface area contributed by atoms with E-state index in [-0.39, 0.29) is 11.5 Å². The highest BCUT2D eigenvalue weighted by atomic mass is 32.1. The third-order valence-corrected chi connectivity index (χ3v) is 4.49. The highest BCUT2D eigenvalue weighted by Crippen LogP contribution is 2.20. The van der Waals surface area contributed by atoms with Crippen LogP contribution in [0, 0.1) is 0 Å². The number of carbonyl (C=O) groups is 1. The number of hydrogen-bond donors (Lipinski definition) is 1. The summed E-state index contributed by atoms with van der Waals surface area (Å²) in [5.74, 6) is 0.489. The molecule has 3 rings (SSSR count). The average Bonchev–Trinajstić information content (AvgIpc) is 3.18. The first-order chi connectivity index (χ1) is 12.2. The summed E-state index contributed by atoms with van der Waals surface area (Å²) in [7, 11) is 1.57. The number of nitrogens with zero attached hydrogens (tertiary/aromatic N) is 2. The van der Waals surface area contributed by atoms with E-state index in [0.29, 0.717) is 24.4 Å². The molecule has 1 aromatic carbocycles. The second kappa shape index (κ2) is 7.76. The van der Waals surface area contributed by atoms with Gasteiger partial charge in [-0.05, 0) is 41.8 Å². The first kappa shape index (κ1) is 16.9. The molecule has 1 N–H and O–H groups in total. The fourth-order valence-electron chi connectivity index (χ4n) is 2.28. The Kier molecular flexibility index (Phi) is 5.25. The largest absolute Gasteiger partial charge is 0.497 e. The van der Waals surface area contributed by atoms with Gasteiger partial charge in [0, 0.05) is 18.2 Å². The normalized spacial score (nSPS) is 10.4. The summed E-state index contributed by atoms with van der Waals surface area (Å²) in [6, 6.07) is 13.9. The van der Waals surface area contributed by atoms with Crippen LogP contribution in [0.2, 0.25) is 0 Å². The summed E-state index contributed by atoms with van der Waals surface area (Å²) in [5, 5.41) is 9.10. The van der Waals surface area contributed by atoms with Gasteiger partial charge < -0.3 is 10.1 Å². The van der Waals surface area contributed by atoms with Crippen LogP contribution in [0.4, 0.5) is 0 Å². The number of amides is 1. The van der Waals surface area contributed by atoms with Crippen molar-refractivity contribution in [3.63, 3.8) is 0 Å². The van der Waals surface area contributed by atoms with E-state index in [4.69, 9.17) is 4.74 Å². The first-order valence-corrected chi connectivity index (χ1v) is 8.59. The lowest BCUT2D eigenvalue weighted by Crippen LogP contribution is -2.31. The minimum atomic E-state index is -0.204. The van der Waals surface area contributed by atoms with Gasteiger partial charge in [0.05, 0.1) is 18.5 Å². The van der Waals surface area contributed by atoms with Gasteiger partial charge in [-0.25, -0.2) is 4.68 Å². The molecule has 2 heterocycles. The zero-order valence-electron chi connectivity index (χ0n) is 13.6. The molecule has 6 nitrogen and oxygen atoms in total. The van der Waals surface area contributed by atoms with Crippen molar-refractivity contribution < 1.29 is 9.53 Å². The molecule has 0 radical (unpaired) electrons. The van der Waals surface area contributed by atoms with Gasteiger partial charge in [-0.15, -0.1) is 11.3 Å². The van der Waals surface area contributed by atoms with Gasteiger partial charge in [-0.2, -0.15) is 5.10 Å². The summed E-state index contributed by atoms with van der Waals surface area (Å²) in [6.45, 7) is 0.617. The molecule has 0 fully saturated rings. The Bertz CT molecular complexity index is 902. The molecule has 1 amide bonds. The van der Waals surface area contributed by atoms with Crippen molar-refractivity contribution in [2.24, 2.45) is 0 Å². The average molecular weight is 355 g/mol. The minimum absolute atomic E-state index is 0.195. The quantitative estimate of drug-likeness (QED) is 0.737. The van der Waals surface area contributed by atoms with Crippen LogP contribution in [0.5, 0.6) is 5.75 Å². The SMILES string of the molecule is COc1ccc(C(=O)NCCn2nc(-c3cccs3)ccc2=O)cc1. The van der Waals surface area contributed by atoms with Crippen LogP contribution >= 0.6 is 11.3 Å². The summed E-state index contributed by atoms with van der Waals surface area (Å²) >= 11 is 1.56. The van der Waals surface area contributed by atoms with Gasteiger partial charge in [0.2, 0.25) is 0 Å². The van der Waals surface area contributed by atoms with Gasteiger partial charge in [0.25, 0.3) is 11.5 Å². The van der Waals surface area contributed by atoms with Crippen LogP contribution < -0.4 is 15.6 Å². The molecule has 0 bridgehead atoms. The van der Waals surface area contributed by atoms with Crippen molar-refractivity contribution in [3.05, 3.63) is 69.8 Å². The van der Waals surface area contributed by atoms with Crippen LogP contribution in [0.25, 0.3) is 10.6 Å². The molecule has 0 saturated heterocycles. The van der Waals surface area contributed by atoms with Gasteiger partial charge in [0.1, 0.15) is 11.4 Å². The molecule has 0 aliphatic carbocycles. The highest BCUT2D eigenvalue weighted by Gasteiger charge is 2.07. The van der Waals surface area contributed by atoms with Crippen molar-refractivity contribution in [1.29, 1.82) is 0 Å². The topological polar surface area (TPSA) is 73.2 Å². The Morgan fingerprint density at radius 2 is 2.00 bits per heavy atom. The lowest BCUT2D eigenvalue weighted by atomic mass is 10.2. The number of carbonyl (C=O) groups excluding carboxylic acids is 1. The van der Waals surface area contributed by atoms with Crippen LogP contribution in [-0.2, 0) is 6.54 Å². The fraction of sp³-hybridized carbons (Fsp3) is 0.167. The van der Waals surface area contributed by atoms with Gasteiger partial charge >= 0.3 is 0 Å². The fourth-order valence-corrected chi connectivity index (χ4v) is 2.98. The van der Waals surface area contributed by atoms with E-state index in [1.54, 1.807) is 48.8 Å². The van der Waals surface area contributed by atoms with Gasteiger partial charge in [0.15, 0.2) is 0 Å². The zero-order chi connectivity index (χ0) is 17.6. The van der Waals surface area contributed by atoms with Crippen LogP contribution in [0.3, 0.4) is 0 Å². The number of benzene rings is 1. The summed E-state index contributed by atoms with van der Waals surface area (Å²) < 4.78 is 6.43. The molecule has 0 aliphatic rings. The van der Waals surface area contributed by atoms with E-state index in [9.17, 15) is 9.59 Å². The number of nitrogens with one attached hydrogen (secondary N) is 1. The van der Waals surface area contributed by atoms with Crippen LogP contribution in [0.1, 0.15) is 10.4 Å². The van der Waals surface area contributed by atoms with Crippen LogP contribution in [0.15, 0.2) is 58.7 Å². The highest BCUT2D eigenvalue weighted by molar-refractivity contribution is 7.13. The predicted molar refractivity (Wildman–Crippen MR) is 97.1 cm³/mol. The Labute approximate surface area is 148 Å². The molecule has 0 atom stereocenters. The zero-order valence-corrected chi connectivity index (χ0v) is 14.5. The maximum atomic E-state index is 12.1. The number of thiophene rings is 1. The molecule has 0 saturated carbocycles. The predicted octanol–water partition coefficient (Wildman–Crippen LogP) is 2.41. The maximum Gasteiger partial charge on any atom is 0.266 e. The summed E-state index contributed by atoms with van der Waals surface area (Å²) in [4.78, 5) is 25.0. The molecule has 2 aromatic heterocycles. The standard InChI is InChI=1S/C18H17N3O3S/c1-24-14-6-4-13(5-7-14)18(23)19-10-11-21-17(22)9-8-15(20-21)16-3-2-12-25-16/h2-9,12H,10-11H2,1H3,(H,19,23). The minimum Gasteiger partial charge on any atom is -0.497 e. The van der Waals surface area contributed by atoms with Gasteiger partial charge in [-0.1, -0.05) is 6.07 Å². The van der Waals surface area contributed by atoms with E-state index in [0.717, 1.165) is 10.6 Å². The van der Waals surface area contributed by atoms with E-state index in [1.165, 1.54) is 10.7 Å². The molecule has 0 spiro atoms. The molecule has 0 aliphatic heterocycles. The Hall–Kier alpha value is -2.93. The Morgan fingerprint density at radius 1 is 1.20 bits per heavy atom. The number of aromatic nitrogens is 2. The Balaban J connectivity index is 1.62.